The van der Waals surface area contributed by atoms with Crippen LogP contribution in [0.1, 0.15) is 82.8 Å². The van der Waals surface area contributed by atoms with Crippen molar-refractivity contribution in [2.45, 2.75) is 116 Å². The molecule has 1 saturated heterocycles. The molecule has 0 saturated carbocycles. The van der Waals surface area contributed by atoms with Gasteiger partial charge >= 0.3 is 11.9 Å². The van der Waals surface area contributed by atoms with E-state index >= 15 is 0 Å². The largest absolute Gasteiger partial charge is 0.456 e. The van der Waals surface area contributed by atoms with E-state index in [9.17, 15) is 14.4 Å². The third kappa shape index (κ3) is 10.0. The van der Waals surface area contributed by atoms with Gasteiger partial charge in [-0.25, -0.2) is 9.59 Å². The van der Waals surface area contributed by atoms with Crippen LogP contribution in [0.25, 0.3) is 0 Å². The molecule has 3 aromatic carbocycles. The van der Waals surface area contributed by atoms with Gasteiger partial charge in [0.25, 0.3) is 0 Å². The number of hydrogen-bond donors (Lipinski definition) is 0. The van der Waals surface area contributed by atoms with Gasteiger partial charge in [-0.15, -0.1) is 0 Å². The van der Waals surface area contributed by atoms with E-state index in [-0.39, 0.29) is 18.6 Å². The van der Waals surface area contributed by atoms with Gasteiger partial charge in [0, 0.05) is 45.9 Å². The fourth-order valence-corrected chi connectivity index (χ4v) is 7.58. The Labute approximate surface area is 319 Å². The fraction of sp³-hybridized carbons (Fsp3) is 0.477. The summed E-state index contributed by atoms with van der Waals surface area (Å²) >= 11 is 0. The fourth-order valence-electron chi connectivity index (χ4n) is 7.58. The molecule has 0 spiro atoms. The monoisotopic (exact) mass is 741 g/mol. The number of nitrogens with zero attached hydrogens (tertiary/aromatic N) is 1. The zero-order valence-corrected chi connectivity index (χ0v) is 32.7. The van der Waals surface area contributed by atoms with Crippen molar-refractivity contribution >= 4 is 18.2 Å². The highest BCUT2D eigenvalue weighted by Gasteiger charge is 2.51. The van der Waals surface area contributed by atoms with Crippen molar-refractivity contribution in [2.75, 3.05) is 7.11 Å². The second kappa shape index (κ2) is 17.9. The molecule has 3 aromatic rings. The minimum atomic E-state index is -1.23. The molecule has 0 aliphatic carbocycles. The molecule has 290 valence electrons. The van der Waals surface area contributed by atoms with E-state index in [0.29, 0.717) is 36.4 Å². The minimum absolute atomic E-state index is 0.288. The van der Waals surface area contributed by atoms with E-state index in [1.54, 1.807) is 52.1 Å². The first-order chi connectivity index (χ1) is 25.7. The van der Waals surface area contributed by atoms with Crippen LogP contribution in [0.4, 0.5) is 0 Å². The number of rotatable bonds is 16. The summed E-state index contributed by atoms with van der Waals surface area (Å²) in [6.45, 7) is 13.7. The van der Waals surface area contributed by atoms with Gasteiger partial charge < -0.3 is 33.2 Å². The Morgan fingerprint density at radius 1 is 0.944 bits per heavy atom. The SMILES string of the molecule is CO[C@](C)(C[C@@H](C)C=O)[C@H](O[C@@H]1O[C@H](C)CC(N(Cc2ccccc2)Cc2ccccc2)C1OC(=O)c1ccccc1)[C@@H](C)C1=C(C)C(=O)OC(C)(C)O1. The number of aldehydes is 1. The second-order valence-corrected chi connectivity index (χ2v) is 15.3. The topological polar surface area (TPSA) is 110 Å². The maximum Gasteiger partial charge on any atom is 0.340 e. The lowest BCUT2D eigenvalue weighted by Gasteiger charge is -2.49. The van der Waals surface area contributed by atoms with Crippen LogP contribution in [0.5, 0.6) is 0 Å². The molecule has 54 heavy (non-hydrogen) atoms. The van der Waals surface area contributed by atoms with Gasteiger partial charge in [-0.05, 0) is 56.9 Å². The lowest BCUT2D eigenvalue weighted by atomic mass is 9.80. The quantitative estimate of drug-likeness (QED) is 0.107. The Kier molecular flexibility index (Phi) is 13.5. The number of methoxy groups -OCH3 is 1. The molecule has 10 nitrogen and oxygen atoms in total. The van der Waals surface area contributed by atoms with Crippen molar-refractivity contribution in [1.29, 1.82) is 0 Å². The standard InChI is InChI=1S/C44H55NO9/c1-29(28-46)25-44(7,49-8)39(31(3)37-32(4)40(47)54-43(5,6)53-37)52-42-38(51-41(48)35-22-16-11-17-23-35)36(24-30(2)50-42)45(26-33-18-12-9-13-19-33)27-34-20-14-10-15-21-34/h9-23,28-31,36,38-39,42H,24-27H2,1-8H3/t29-,30-,31+,36?,38?,39-,42+,44-/m1/s1. The summed E-state index contributed by atoms with van der Waals surface area (Å²) in [6, 6.07) is 28.9. The van der Waals surface area contributed by atoms with Crippen molar-refractivity contribution in [3.63, 3.8) is 0 Å². The van der Waals surface area contributed by atoms with Crippen LogP contribution in [0.2, 0.25) is 0 Å². The van der Waals surface area contributed by atoms with E-state index in [2.05, 4.69) is 29.2 Å². The van der Waals surface area contributed by atoms with Crippen LogP contribution in [-0.2, 0) is 51.1 Å². The maximum atomic E-state index is 14.0. The number of hydrogen-bond acceptors (Lipinski definition) is 10. The molecule has 0 amide bonds. The first-order valence-electron chi connectivity index (χ1n) is 18.8. The zero-order valence-electron chi connectivity index (χ0n) is 32.7. The van der Waals surface area contributed by atoms with Crippen molar-refractivity contribution < 1.29 is 42.8 Å². The van der Waals surface area contributed by atoms with Gasteiger partial charge in [-0.3, -0.25) is 4.90 Å². The molecule has 10 heteroatoms. The molecule has 0 bridgehead atoms. The van der Waals surface area contributed by atoms with Crippen molar-refractivity contribution in [3.05, 3.63) is 119 Å². The molecule has 0 N–H and O–H groups in total. The Morgan fingerprint density at radius 3 is 2.04 bits per heavy atom. The molecular weight excluding hydrogens is 686 g/mol. The Hall–Kier alpha value is -4.35. The van der Waals surface area contributed by atoms with Crippen LogP contribution in [-0.4, -0.2) is 72.3 Å². The molecule has 0 radical (unpaired) electrons. The predicted octanol–water partition coefficient (Wildman–Crippen LogP) is 7.65. The van der Waals surface area contributed by atoms with E-state index < -0.39 is 53.7 Å². The smallest absolute Gasteiger partial charge is 0.340 e. The zero-order chi connectivity index (χ0) is 39.0. The summed E-state index contributed by atoms with van der Waals surface area (Å²) in [4.78, 5) is 41.4. The maximum absolute atomic E-state index is 14.0. The second-order valence-electron chi connectivity index (χ2n) is 15.3. The minimum Gasteiger partial charge on any atom is -0.456 e. The number of benzene rings is 3. The van der Waals surface area contributed by atoms with Gasteiger partial charge in [-0.2, -0.15) is 0 Å². The van der Waals surface area contributed by atoms with E-state index in [4.69, 9.17) is 28.4 Å². The molecular formula is C44H55NO9. The van der Waals surface area contributed by atoms with Crippen LogP contribution in [0, 0.1) is 11.8 Å². The number of ether oxygens (including phenoxy) is 6. The normalized spacial score (nSPS) is 24.1. The van der Waals surface area contributed by atoms with E-state index in [1.165, 1.54) is 0 Å². The summed E-state index contributed by atoms with van der Waals surface area (Å²) in [5, 5.41) is 0. The number of esters is 2. The van der Waals surface area contributed by atoms with Crippen LogP contribution >= 0.6 is 0 Å². The first kappa shape index (κ1) is 40.8. The Balaban J connectivity index is 1.62. The van der Waals surface area contributed by atoms with Crippen molar-refractivity contribution in [1.82, 2.24) is 4.90 Å². The third-order valence-electron chi connectivity index (χ3n) is 10.3. The van der Waals surface area contributed by atoms with E-state index in [1.807, 2.05) is 70.2 Å². The molecule has 2 unspecified atom stereocenters. The molecule has 2 heterocycles. The van der Waals surface area contributed by atoms with Crippen molar-refractivity contribution in [3.8, 4) is 0 Å². The number of carbonyl (C=O) groups is 3. The van der Waals surface area contributed by atoms with Crippen LogP contribution < -0.4 is 0 Å². The van der Waals surface area contributed by atoms with Crippen molar-refractivity contribution in [2.24, 2.45) is 11.8 Å². The van der Waals surface area contributed by atoms with Crippen LogP contribution in [0.15, 0.2) is 102 Å². The molecule has 8 atom stereocenters. The lowest BCUT2D eigenvalue weighted by Crippen LogP contribution is -2.60. The highest BCUT2D eigenvalue weighted by atomic mass is 16.7. The predicted molar refractivity (Wildman–Crippen MR) is 204 cm³/mol. The third-order valence-corrected chi connectivity index (χ3v) is 10.3. The molecule has 2 aliphatic heterocycles. The van der Waals surface area contributed by atoms with Gasteiger partial charge in [0.2, 0.25) is 5.79 Å². The summed E-state index contributed by atoms with van der Waals surface area (Å²) in [5.74, 6) is -2.85. The molecule has 0 aromatic heterocycles. The Morgan fingerprint density at radius 2 is 1.50 bits per heavy atom. The summed E-state index contributed by atoms with van der Waals surface area (Å²) < 4.78 is 38.4. The average Bonchev–Trinajstić information content (AvgIpc) is 3.16. The summed E-state index contributed by atoms with van der Waals surface area (Å²) in [7, 11) is 1.57. The van der Waals surface area contributed by atoms with Crippen LogP contribution in [0.3, 0.4) is 0 Å². The Bertz CT molecular complexity index is 1690. The first-order valence-corrected chi connectivity index (χ1v) is 18.8. The highest BCUT2D eigenvalue weighted by Crippen LogP contribution is 2.41. The number of cyclic esters (lactones) is 1. The van der Waals surface area contributed by atoms with Gasteiger partial charge in [-0.1, -0.05) is 92.7 Å². The van der Waals surface area contributed by atoms with Gasteiger partial charge in [0.05, 0.1) is 35.0 Å². The van der Waals surface area contributed by atoms with Gasteiger partial charge in [0.15, 0.2) is 12.4 Å². The molecule has 5 rings (SSSR count). The average molecular weight is 742 g/mol. The molecule has 2 aliphatic rings. The molecule has 1 fully saturated rings. The lowest BCUT2D eigenvalue weighted by molar-refractivity contribution is -0.299. The summed E-state index contributed by atoms with van der Waals surface area (Å²) in [6.07, 6.45) is -1.45. The summed E-state index contributed by atoms with van der Waals surface area (Å²) in [5.41, 5.74) is 1.81. The van der Waals surface area contributed by atoms with Gasteiger partial charge in [0.1, 0.15) is 12.0 Å². The number of carbonyl (C=O) groups excluding carboxylic acids is 3. The van der Waals surface area contributed by atoms with E-state index in [0.717, 1.165) is 17.4 Å². The highest BCUT2D eigenvalue weighted by molar-refractivity contribution is 5.90.